The molecule has 0 aliphatic carbocycles. The van der Waals surface area contributed by atoms with Gasteiger partial charge in [0.25, 0.3) is 0 Å². The number of hydrogen-bond acceptors (Lipinski definition) is 2. The summed E-state index contributed by atoms with van der Waals surface area (Å²) in [4.78, 5) is 0. The van der Waals surface area contributed by atoms with Crippen LogP contribution in [0.25, 0.3) is 22.0 Å². The van der Waals surface area contributed by atoms with Gasteiger partial charge in [0.2, 0.25) is 5.69 Å². The fourth-order valence-corrected chi connectivity index (χ4v) is 2.19. The van der Waals surface area contributed by atoms with Crippen molar-refractivity contribution in [1.29, 1.82) is 0 Å². The molecule has 0 radical (unpaired) electrons. The summed E-state index contributed by atoms with van der Waals surface area (Å²) in [6, 6.07) is 13.6. The molecule has 0 aliphatic heterocycles. The SMILES string of the molecule is COc1ccc(-c2cc3cccc(F)c3c[n+]2[O-])cc1. The molecule has 4 heteroatoms. The monoisotopic (exact) mass is 269 g/mol. The molecule has 20 heavy (non-hydrogen) atoms. The minimum Gasteiger partial charge on any atom is -0.618 e. The lowest BCUT2D eigenvalue weighted by Gasteiger charge is -2.07. The maximum atomic E-state index is 13.6. The zero-order valence-corrected chi connectivity index (χ0v) is 10.8. The number of methoxy groups -OCH3 is 1. The second kappa shape index (κ2) is 4.81. The summed E-state index contributed by atoms with van der Waals surface area (Å²) >= 11 is 0. The lowest BCUT2D eigenvalue weighted by atomic mass is 10.1. The Labute approximate surface area is 115 Å². The van der Waals surface area contributed by atoms with Gasteiger partial charge in [-0.1, -0.05) is 12.1 Å². The van der Waals surface area contributed by atoms with E-state index in [1.807, 2.05) is 0 Å². The lowest BCUT2D eigenvalue weighted by Crippen LogP contribution is -2.28. The second-order valence-corrected chi connectivity index (χ2v) is 4.46. The van der Waals surface area contributed by atoms with Crippen molar-refractivity contribution < 1.29 is 13.9 Å². The predicted molar refractivity (Wildman–Crippen MR) is 74.9 cm³/mol. The van der Waals surface area contributed by atoms with Gasteiger partial charge in [0.1, 0.15) is 11.6 Å². The molecule has 0 unspecified atom stereocenters. The summed E-state index contributed by atoms with van der Waals surface area (Å²) in [5.41, 5.74) is 1.23. The number of pyridine rings is 1. The Balaban J connectivity index is 2.17. The number of rotatable bonds is 2. The van der Waals surface area contributed by atoms with Crippen LogP contribution in [0.2, 0.25) is 0 Å². The average Bonchev–Trinajstić information content (AvgIpc) is 2.48. The standard InChI is InChI=1S/C16H12FNO2/c1-20-13-7-5-11(6-8-13)16-9-12-3-2-4-15(17)14(12)10-18(16)19/h2-10H,1H3. The quantitative estimate of drug-likeness (QED) is 0.528. The third-order valence-corrected chi connectivity index (χ3v) is 3.25. The Morgan fingerprint density at radius 2 is 1.85 bits per heavy atom. The number of hydrogen-bond donors (Lipinski definition) is 0. The fraction of sp³-hybridized carbons (Fsp3) is 0.0625. The number of halogens is 1. The Kier molecular flexibility index (Phi) is 2.99. The Bertz CT molecular complexity index is 769. The number of nitrogens with zero attached hydrogens (tertiary/aromatic N) is 1. The number of ether oxygens (including phenoxy) is 1. The topological polar surface area (TPSA) is 36.2 Å². The van der Waals surface area contributed by atoms with E-state index in [-0.39, 0.29) is 0 Å². The number of benzene rings is 2. The van der Waals surface area contributed by atoms with Gasteiger partial charge in [-0.25, -0.2) is 4.39 Å². The molecule has 3 rings (SSSR count). The highest BCUT2D eigenvalue weighted by atomic mass is 19.1. The Morgan fingerprint density at radius 1 is 1.10 bits per heavy atom. The van der Waals surface area contributed by atoms with Crippen molar-refractivity contribution in [3.05, 3.63) is 65.8 Å². The van der Waals surface area contributed by atoms with Gasteiger partial charge in [-0.2, -0.15) is 4.73 Å². The molecular weight excluding hydrogens is 257 g/mol. The summed E-state index contributed by atoms with van der Waals surface area (Å²) in [6.07, 6.45) is 1.27. The molecule has 1 heterocycles. The van der Waals surface area contributed by atoms with Crippen LogP contribution < -0.4 is 9.47 Å². The predicted octanol–water partition coefficient (Wildman–Crippen LogP) is 3.29. The van der Waals surface area contributed by atoms with Gasteiger partial charge < -0.3 is 9.94 Å². The molecule has 2 aromatic carbocycles. The van der Waals surface area contributed by atoms with Gasteiger partial charge >= 0.3 is 0 Å². The molecule has 0 N–H and O–H groups in total. The van der Waals surface area contributed by atoms with Gasteiger partial charge in [-0.05, 0) is 35.7 Å². The van der Waals surface area contributed by atoms with Gasteiger partial charge in [0.05, 0.1) is 12.5 Å². The molecule has 0 aliphatic rings. The molecule has 100 valence electrons. The van der Waals surface area contributed by atoms with Crippen LogP contribution in [0, 0.1) is 11.0 Å². The van der Waals surface area contributed by atoms with Crippen molar-refractivity contribution in [2.75, 3.05) is 7.11 Å². The first-order valence-electron chi connectivity index (χ1n) is 6.15. The number of fused-ring (bicyclic) bond motifs is 1. The van der Waals surface area contributed by atoms with Crippen LogP contribution in [0.1, 0.15) is 0 Å². The van der Waals surface area contributed by atoms with Gasteiger partial charge in [-0.15, -0.1) is 0 Å². The van der Waals surface area contributed by atoms with Gasteiger partial charge in [0.15, 0.2) is 6.20 Å². The Morgan fingerprint density at radius 3 is 2.55 bits per heavy atom. The molecule has 0 spiro atoms. The van der Waals surface area contributed by atoms with Crippen molar-refractivity contribution in [2.45, 2.75) is 0 Å². The van der Waals surface area contributed by atoms with Crippen LogP contribution in [-0.4, -0.2) is 7.11 Å². The molecule has 0 atom stereocenters. The minimum absolute atomic E-state index is 0.319. The summed E-state index contributed by atoms with van der Waals surface area (Å²) in [5, 5.41) is 13.1. The van der Waals surface area contributed by atoms with E-state index in [1.165, 1.54) is 12.3 Å². The second-order valence-electron chi connectivity index (χ2n) is 4.46. The summed E-state index contributed by atoms with van der Waals surface area (Å²) in [5.74, 6) is 0.325. The van der Waals surface area contributed by atoms with E-state index in [0.717, 1.165) is 11.3 Å². The van der Waals surface area contributed by atoms with Crippen molar-refractivity contribution in [3.8, 4) is 17.0 Å². The van der Waals surface area contributed by atoms with Crippen LogP contribution in [0.4, 0.5) is 4.39 Å². The molecule has 0 saturated heterocycles. The molecular formula is C16H12FNO2. The first-order valence-corrected chi connectivity index (χ1v) is 6.15. The number of aromatic nitrogens is 1. The first-order chi connectivity index (χ1) is 9.69. The molecule has 0 saturated carbocycles. The third kappa shape index (κ3) is 2.05. The molecule has 0 amide bonds. The van der Waals surface area contributed by atoms with Crippen LogP contribution >= 0.6 is 0 Å². The lowest BCUT2D eigenvalue weighted by molar-refractivity contribution is -0.592. The van der Waals surface area contributed by atoms with Crippen LogP contribution in [0.15, 0.2) is 54.7 Å². The van der Waals surface area contributed by atoms with Crippen LogP contribution in [0.5, 0.6) is 5.75 Å². The summed E-state index contributed by atoms with van der Waals surface area (Å²) in [7, 11) is 1.58. The third-order valence-electron chi connectivity index (χ3n) is 3.25. The summed E-state index contributed by atoms with van der Waals surface area (Å²) < 4.78 is 19.4. The zero-order valence-electron chi connectivity index (χ0n) is 10.8. The van der Waals surface area contributed by atoms with E-state index < -0.39 is 5.82 Å². The fourth-order valence-electron chi connectivity index (χ4n) is 2.19. The van der Waals surface area contributed by atoms with Crippen LogP contribution in [-0.2, 0) is 0 Å². The van der Waals surface area contributed by atoms with Gasteiger partial charge in [-0.3, -0.25) is 0 Å². The average molecular weight is 269 g/mol. The Hall–Kier alpha value is -2.62. The molecule has 3 aromatic rings. The first kappa shape index (κ1) is 12.4. The normalized spacial score (nSPS) is 10.7. The van der Waals surface area contributed by atoms with E-state index in [0.29, 0.717) is 21.2 Å². The van der Waals surface area contributed by atoms with Crippen LogP contribution in [0.3, 0.4) is 0 Å². The van der Waals surface area contributed by atoms with E-state index >= 15 is 0 Å². The highest BCUT2D eigenvalue weighted by molar-refractivity contribution is 5.84. The van der Waals surface area contributed by atoms with E-state index in [4.69, 9.17) is 4.74 Å². The largest absolute Gasteiger partial charge is 0.618 e. The van der Waals surface area contributed by atoms with E-state index in [1.54, 1.807) is 49.6 Å². The molecule has 0 bridgehead atoms. The zero-order chi connectivity index (χ0) is 14.1. The summed E-state index contributed by atoms with van der Waals surface area (Å²) in [6.45, 7) is 0. The highest BCUT2D eigenvalue weighted by Crippen LogP contribution is 2.24. The van der Waals surface area contributed by atoms with Gasteiger partial charge in [0, 0.05) is 11.6 Å². The maximum absolute atomic E-state index is 13.6. The van der Waals surface area contributed by atoms with Crippen molar-refractivity contribution in [1.82, 2.24) is 0 Å². The van der Waals surface area contributed by atoms with Crippen molar-refractivity contribution in [2.24, 2.45) is 0 Å². The minimum atomic E-state index is -0.395. The smallest absolute Gasteiger partial charge is 0.224 e. The molecule has 0 fully saturated rings. The van der Waals surface area contributed by atoms with Crippen molar-refractivity contribution >= 4 is 10.8 Å². The maximum Gasteiger partial charge on any atom is 0.224 e. The van der Waals surface area contributed by atoms with Crippen molar-refractivity contribution in [3.63, 3.8) is 0 Å². The van der Waals surface area contributed by atoms with E-state index in [9.17, 15) is 9.60 Å². The highest BCUT2D eigenvalue weighted by Gasteiger charge is 2.12. The molecule has 3 nitrogen and oxygen atoms in total. The van der Waals surface area contributed by atoms with E-state index in [2.05, 4.69) is 0 Å². The molecule has 1 aromatic heterocycles.